The molecular weight excluding hydrogens is 434 g/mol. The Bertz CT molecular complexity index is 1060. The summed E-state index contributed by atoms with van der Waals surface area (Å²) in [5.41, 5.74) is 4.38. The van der Waals surface area contributed by atoms with Gasteiger partial charge in [0, 0.05) is 19.5 Å². The predicted molar refractivity (Wildman–Crippen MR) is 145 cm³/mol. The Morgan fingerprint density at radius 3 is 2.43 bits per heavy atom. The largest absolute Gasteiger partial charge is 0.483 e. The number of aromatic nitrogens is 2. The maximum Gasteiger partial charge on any atom is 0.257 e. The topological polar surface area (TPSA) is 56.2 Å². The molecule has 0 unspecified atom stereocenters. The number of imidazole rings is 1. The molecular formula is C30H43N3O2. The lowest BCUT2D eigenvalue weighted by molar-refractivity contribution is -0.123. The summed E-state index contributed by atoms with van der Waals surface area (Å²) in [6.07, 6.45) is 12.6. The average Bonchev–Trinajstić information content (AvgIpc) is 3.21. The standard InChI is InChI=1S/C30H43N3O2/c1-4-5-6-7-8-9-10-11-14-21-33-27-16-13-12-15-26(27)32-29(33)19-20-31-30(34)23-35-28-22-24(2)17-18-25(28)3/h12-13,15-18,22H,4-11,14,19-21,23H2,1-3H3,(H,31,34). The molecule has 5 nitrogen and oxygen atoms in total. The fourth-order valence-electron chi connectivity index (χ4n) is 4.52. The number of carbonyl (C=O) groups excluding carboxylic acids is 1. The number of ether oxygens (including phenoxy) is 1. The number of unbranched alkanes of at least 4 members (excludes halogenated alkanes) is 8. The maximum atomic E-state index is 12.4. The van der Waals surface area contributed by atoms with Gasteiger partial charge < -0.3 is 14.6 Å². The summed E-state index contributed by atoms with van der Waals surface area (Å²) in [4.78, 5) is 17.2. The number of para-hydroxylation sites is 2. The molecule has 0 saturated heterocycles. The molecule has 0 radical (unpaired) electrons. The minimum atomic E-state index is -0.104. The zero-order chi connectivity index (χ0) is 24.9. The van der Waals surface area contributed by atoms with Crippen LogP contribution in [0.2, 0.25) is 0 Å². The molecule has 3 rings (SSSR count). The molecule has 190 valence electrons. The van der Waals surface area contributed by atoms with Gasteiger partial charge in [0.1, 0.15) is 11.6 Å². The lowest BCUT2D eigenvalue weighted by Gasteiger charge is -2.11. The molecule has 1 N–H and O–H groups in total. The van der Waals surface area contributed by atoms with Crippen LogP contribution in [-0.4, -0.2) is 28.6 Å². The van der Waals surface area contributed by atoms with Gasteiger partial charge in [0.2, 0.25) is 0 Å². The Morgan fingerprint density at radius 2 is 1.66 bits per heavy atom. The molecule has 2 aromatic carbocycles. The van der Waals surface area contributed by atoms with Gasteiger partial charge in [0.05, 0.1) is 11.0 Å². The first-order valence-corrected chi connectivity index (χ1v) is 13.5. The first kappa shape index (κ1) is 26.8. The van der Waals surface area contributed by atoms with E-state index in [1.807, 2.05) is 38.1 Å². The van der Waals surface area contributed by atoms with E-state index in [9.17, 15) is 4.79 Å². The highest BCUT2D eigenvalue weighted by Crippen LogP contribution is 2.20. The SMILES string of the molecule is CCCCCCCCCCCn1c(CCNC(=O)COc2cc(C)ccc2C)nc2ccccc21. The van der Waals surface area contributed by atoms with Gasteiger partial charge in [-0.15, -0.1) is 0 Å². The van der Waals surface area contributed by atoms with Gasteiger partial charge in [-0.2, -0.15) is 0 Å². The molecule has 0 fully saturated rings. The summed E-state index contributed by atoms with van der Waals surface area (Å²) in [5, 5.41) is 2.99. The minimum Gasteiger partial charge on any atom is -0.483 e. The van der Waals surface area contributed by atoms with Gasteiger partial charge in [0.25, 0.3) is 5.91 Å². The van der Waals surface area contributed by atoms with Crippen molar-refractivity contribution < 1.29 is 9.53 Å². The van der Waals surface area contributed by atoms with Gasteiger partial charge in [-0.1, -0.05) is 82.6 Å². The Labute approximate surface area is 211 Å². The van der Waals surface area contributed by atoms with Crippen LogP contribution in [0.25, 0.3) is 11.0 Å². The monoisotopic (exact) mass is 477 g/mol. The molecule has 0 aliphatic carbocycles. The number of nitrogens with one attached hydrogen (secondary N) is 1. The molecule has 5 heteroatoms. The van der Waals surface area contributed by atoms with Crippen molar-refractivity contribution in [2.24, 2.45) is 0 Å². The lowest BCUT2D eigenvalue weighted by Crippen LogP contribution is -2.31. The van der Waals surface area contributed by atoms with E-state index in [4.69, 9.17) is 9.72 Å². The Balaban J connectivity index is 1.44. The lowest BCUT2D eigenvalue weighted by atomic mass is 10.1. The molecule has 0 atom stereocenters. The number of hydrogen-bond acceptors (Lipinski definition) is 3. The second kappa shape index (κ2) is 14.6. The van der Waals surface area contributed by atoms with E-state index in [1.54, 1.807) is 0 Å². The van der Waals surface area contributed by atoms with Gasteiger partial charge in [-0.05, 0) is 49.6 Å². The maximum absolute atomic E-state index is 12.4. The van der Waals surface area contributed by atoms with Crippen LogP contribution < -0.4 is 10.1 Å². The molecule has 1 amide bonds. The Kier molecular flexibility index (Phi) is 11.1. The smallest absolute Gasteiger partial charge is 0.257 e. The van der Waals surface area contributed by atoms with Crippen LogP contribution in [-0.2, 0) is 17.8 Å². The highest BCUT2D eigenvalue weighted by atomic mass is 16.5. The van der Waals surface area contributed by atoms with Crippen molar-refractivity contribution in [3.63, 3.8) is 0 Å². The van der Waals surface area contributed by atoms with E-state index >= 15 is 0 Å². The summed E-state index contributed by atoms with van der Waals surface area (Å²) >= 11 is 0. The van der Waals surface area contributed by atoms with E-state index in [1.165, 1.54) is 63.3 Å². The fourth-order valence-corrected chi connectivity index (χ4v) is 4.52. The normalized spacial score (nSPS) is 11.2. The second-order valence-corrected chi connectivity index (χ2v) is 9.65. The van der Waals surface area contributed by atoms with Gasteiger partial charge in [-0.3, -0.25) is 4.79 Å². The number of nitrogens with zero attached hydrogens (tertiary/aromatic N) is 2. The summed E-state index contributed by atoms with van der Waals surface area (Å²) in [6.45, 7) is 7.84. The first-order chi connectivity index (χ1) is 17.1. The van der Waals surface area contributed by atoms with Crippen LogP contribution in [0.4, 0.5) is 0 Å². The van der Waals surface area contributed by atoms with E-state index in [0.29, 0.717) is 13.0 Å². The molecule has 3 aromatic rings. The van der Waals surface area contributed by atoms with Crippen LogP contribution in [0.3, 0.4) is 0 Å². The molecule has 0 aliphatic heterocycles. The van der Waals surface area contributed by atoms with Crippen molar-refractivity contribution in [2.45, 2.75) is 91.5 Å². The molecule has 1 aromatic heterocycles. The average molecular weight is 478 g/mol. The van der Waals surface area contributed by atoms with Crippen LogP contribution in [0.15, 0.2) is 42.5 Å². The third kappa shape index (κ3) is 8.72. The van der Waals surface area contributed by atoms with Crippen molar-refractivity contribution in [3.05, 3.63) is 59.4 Å². The third-order valence-electron chi connectivity index (χ3n) is 6.59. The van der Waals surface area contributed by atoms with Crippen molar-refractivity contribution in [3.8, 4) is 5.75 Å². The Hall–Kier alpha value is -2.82. The second-order valence-electron chi connectivity index (χ2n) is 9.65. The summed E-state index contributed by atoms with van der Waals surface area (Å²) in [6, 6.07) is 14.4. The van der Waals surface area contributed by atoms with Gasteiger partial charge in [0.15, 0.2) is 6.61 Å². The van der Waals surface area contributed by atoms with Crippen molar-refractivity contribution in [1.29, 1.82) is 0 Å². The first-order valence-electron chi connectivity index (χ1n) is 13.5. The summed E-state index contributed by atoms with van der Waals surface area (Å²) < 4.78 is 8.08. The highest BCUT2D eigenvalue weighted by Gasteiger charge is 2.11. The molecule has 0 spiro atoms. The highest BCUT2D eigenvalue weighted by molar-refractivity contribution is 5.78. The van der Waals surface area contributed by atoms with E-state index in [0.717, 1.165) is 34.8 Å². The number of aryl methyl sites for hydroxylation is 3. The summed E-state index contributed by atoms with van der Waals surface area (Å²) in [7, 11) is 0. The van der Waals surface area contributed by atoms with Crippen molar-refractivity contribution >= 4 is 16.9 Å². The number of fused-ring (bicyclic) bond motifs is 1. The summed E-state index contributed by atoms with van der Waals surface area (Å²) in [5.74, 6) is 1.71. The van der Waals surface area contributed by atoms with Gasteiger partial charge >= 0.3 is 0 Å². The quantitative estimate of drug-likeness (QED) is 0.228. The number of carbonyl (C=O) groups is 1. The number of amides is 1. The van der Waals surface area contributed by atoms with Gasteiger partial charge in [-0.25, -0.2) is 4.98 Å². The minimum absolute atomic E-state index is 0.0269. The number of hydrogen-bond donors (Lipinski definition) is 1. The number of rotatable bonds is 16. The molecule has 1 heterocycles. The van der Waals surface area contributed by atoms with Crippen LogP contribution in [0.5, 0.6) is 5.75 Å². The van der Waals surface area contributed by atoms with Crippen LogP contribution in [0, 0.1) is 13.8 Å². The fraction of sp³-hybridized carbons (Fsp3) is 0.533. The van der Waals surface area contributed by atoms with Crippen molar-refractivity contribution in [1.82, 2.24) is 14.9 Å². The van der Waals surface area contributed by atoms with E-state index < -0.39 is 0 Å². The molecule has 35 heavy (non-hydrogen) atoms. The zero-order valence-electron chi connectivity index (χ0n) is 21.9. The zero-order valence-corrected chi connectivity index (χ0v) is 21.9. The predicted octanol–water partition coefficient (Wildman–Crippen LogP) is 6.92. The molecule has 0 aliphatic rings. The van der Waals surface area contributed by atoms with Crippen LogP contribution in [0.1, 0.15) is 81.7 Å². The van der Waals surface area contributed by atoms with Crippen LogP contribution >= 0.6 is 0 Å². The molecule has 0 bridgehead atoms. The van der Waals surface area contributed by atoms with E-state index in [2.05, 4.69) is 35.0 Å². The van der Waals surface area contributed by atoms with Crippen molar-refractivity contribution in [2.75, 3.05) is 13.2 Å². The third-order valence-corrected chi connectivity index (χ3v) is 6.59. The Morgan fingerprint density at radius 1 is 0.943 bits per heavy atom. The van der Waals surface area contributed by atoms with E-state index in [-0.39, 0.29) is 12.5 Å². The molecule has 0 saturated carbocycles. The number of benzene rings is 2.